The predicted octanol–water partition coefficient (Wildman–Crippen LogP) is 8.01. The van der Waals surface area contributed by atoms with E-state index in [-0.39, 0.29) is 11.8 Å². The van der Waals surface area contributed by atoms with Gasteiger partial charge < -0.3 is 10.2 Å². The van der Waals surface area contributed by atoms with E-state index in [9.17, 15) is 4.79 Å². The smallest absolute Gasteiger partial charge is 0.251 e. The molecular formula is C35H33ClN4OS. The van der Waals surface area contributed by atoms with Crippen LogP contribution in [0.25, 0.3) is 0 Å². The first-order chi connectivity index (χ1) is 20.5. The molecule has 212 valence electrons. The van der Waals surface area contributed by atoms with Crippen molar-refractivity contribution in [2.24, 2.45) is 0 Å². The van der Waals surface area contributed by atoms with Crippen LogP contribution in [-0.2, 0) is 12.3 Å². The number of aromatic nitrogens is 2. The minimum Gasteiger partial charge on any atom is -0.355 e. The summed E-state index contributed by atoms with van der Waals surface area (Å²) >= 11 is 7.85. The van der Waals surface area contributed by atoms with Gasteiger partial charge in [0.05, 0.1) is 0 Å². The first-order valence-electron chi connectivity index (χ1n) is 13.9. The van der Waals surface area contributed by atoms with Gasteiger partial charge in [0.1, 0.15) is 11.0 Å². The molecule has 0 unspecified atom stereocenters. The molecule has 5 rings (SSSR count). The van der Waals surface area contributed by atoms with E-state index in [2.05, 4.69) is 75.9 Å². The Kier molecular flexibility index (Phi) is 10.3. The molecule has 0 aliphatic carbocycles. The lowest BCUT2D eigenvalue weighted by Crippen LogP contribution is -2.26. The van der Waals surface area contributed by atoms with Crippen LogP contribution in [0.15, 0.2) is 126 Å². The van der Waals surface area contributed by atoms with Crippen LogP contribution in [-0.4, -0.2) is 29.5 Å². The molecule has 1 N–H and O–H groups in total. The second kappa shape index (κ2) is 14.7. The molecule has 0 saturated carbocycles. The van der Waals surface area contributed by atoms with E-state index in [0.717, 1.165) is 17.8 Å². The summed E-state index contributed by atoms with van der Waals surface area (Å²) in [4.78, 5) is 24.3. The number of halogens is 1. The number of carbonyl (C=O) groups is 1. The van der Waals surface area contributed by atoms with Crippen LogP contribution in [0.5, 0.6) is 0 Å². The molecule has 0 atom stereocenters. The summed E-state index contributed by atoms with van der Waals surface area (Å²) in [7, 11) is 1.99. The number of rotatable bonds is 12. The molecule has 0 aliphatic rings. The Morgan fingerprint density at radius 2 is 1.43 bits per heavy atom. The van der Waals surface area contributed by atoms with Crippen LogP contribution >= 0.6 is 23.4 Å². The van der Waals surface area contributed by atoms with E-state index in [1.54, 1.807) is 6.07 Å². The molecule has 0 aliphatic heterocycles. The molecule has 0 spiro atoms. The van der Waals surface area contributed by atoms with Crippen molar-refractivity contribution in [3.8, 4) is 0 Å². The fourth-order valence-electron chi connectivity index (χ4n) is 4.86. The van der Waals surface area contributed by atoms with E-state index in [0.29, 0.717) is 34.7 Å². The Morgan fingerprint density at radius 3 is 2.10 bits per heavy atom. The van der Waals surface area contributed by atoms with Crippen molar-refractivity contribution in [3.05, 3.63) is 154 Å². The van der Waals surface area contributed by atoms with Gasteiger partial charge in [-0.1, -0.05) is 126 Å². The molecule has 7 heteroatoms. The Bertz CT molecular complexity index is 1550. The summed E-state index contributed by atoms with van der Waals surface area (Å²) < 4.78 is 0. The van der Waals surface area contributed by atoms with Gasteiger partial charge in [-0.05, 0) is 40.8 Å². The number of carbonyl (C=O) groups excluding carboxylic acids is 1. The molecule has 5 nitrogen and oxygen atoms in total. The topological polar surface area (TPSA) is 58.1 Å². The zero-order valence-electron chi connectivity index (χ0n) is 23.5. The molecule has 0 bridgehead atoms. The standard InChI is InChI=1S/C35H33ClN4OS/c1-40(24-26-12-5-2-6-13-26)33-23-32(36)38-35(39-33)42-25-27-14-11-19-30(22-27)34(41)37-21-20-31(28-15-7-3-8-16-28)29-17-9-4-10-18-29/h2-19,22-23,31H,20-21,24-25H2,1H3,(H,37,41). The number of nitrogens with one attached hydrogen (secondary N) is 1. The number of thioether (sulfide) groups is 1. The molecule has 0 radical (unpaired) electrons. The summed E-state index contributed by atoms with van der Waals surface area (Å²) in [6.45, 7) is 1.29. The van der Waals surface area contributed by atoms with Crippen molar-refractivity contribution in [2.45, 2.75) is 29.8 Å². The van der Waals surface area contributed by atoms with Gasteiger partial charge in [-0.2, -0.15) is 0 Å². The molecule has 42 heavy (non-hydrogen) atoms. The Hall–Kier alpha value is -4.13. The van der Waals surface area contributed by atoms with Crippen molar-refractivity contribution in [2.75, 3.05) is 18.5 Å². The Labute approximate surface area is 257 Å². The van der Waals surface area contributed by atoms with Gasteiger partial charge in [0.25, 0.3) is 5.91 Å². The van der Waals surface area contributed by atoms with Gasteiger partial charge in [-0.3, -0.25) is 4.79 Å². The van der Waals surface area contributed by atoms with Crippen LogP contribution in [0, 0.1) is 0 Å². The van der Waals surface area contributed by atoms with Gasteiger partial charge in [0, 0.05) is 43.4 Å². The summed E-state index contributed by atoms with van der Waals surface area (Å²) in [5, 5.41) is 4.12. The maximum Gasteiger partial charge on any atom is 0.251 e. The highest BCUT2D eigenvalue weighted by atomic mass is 35.5. The van der Waals surface area contributed by atoms with Crippen LogP contribution in [0.2, 0.25) is 5.15 Å². The van der Waals surface area contributed by atoms with Gasteiger partial charge in [0.2, 0.25) is 0 Å². The minimum absolute atomic E-state index is 0.0782. The molecule has 0 fully saturated rings. The highest BCUT2D eigenvalue weighted by molar-refractivity contribution is 7.98. The van der Waals surface area contributed by atoms with Crippen molar-refractivity contribution >= 4 is 35.1 Å². The van der Waals surface area contributed by atoms with Crippen LogP contribution in [0.4, 0.5) is 5.82 Å². The van der Waals surface area contributed by atoms with E-state index in [1.165, 1.54) is 28.5 Å². The van der Waals surface area contributed by atoms with E-state index in [4.69, 9.17) is 16.6 Å². The molecule has 1 amide bonds. The molecular weight excluding hydrogens is 560 g/mol. The number of amides is 1. The third kappa shape index (κ3) is 8.21. The summed E-state index contributed by atoms with van der Waals surface area (Å²) in [5.74, 6) is 1.52. The second-order valence-corrected chi connectivity index (χ2v) is 11.4. The van der Waals surface area contributed by atoms with Crippen molar-refractivity contribution in [1.29, 1.82) is 0 Å². The number of benzene rings is 4. The predicted molar refractivity (Wildman–Crippen MR) is 173 cm³/mol. The number of nitrogens with zero attached hydrogens (tertiary/aromatic N) is 3. The van der Waals surface area contributed by atoms with Crippen LogP contribution in [0.3, 0.4) is 0 Å². The van der Waals surface area contributed by atoms with Crippen molar-refractivity contribution in [3.63, 3.8) is 0 Å². The highest BCUT2D eigenvalue weighted by Crippen LogP contribution is 2.28. The largest absolute Gasteiger partial charge is 0.355 e. The number of anilines is 1. The average molecular weight is 593 g/mol. The Balaban J connectivity index is 1.18. The summed E-state index contributed by atoms with van der Waals surface area (Å²) in [6, 6.07) is 40.6. The van der Waals surface area contributed by atoms with Crippen molar-refractivity contribution < 1.29 is 4.79 Å². The highest BCUT2D eigenvalue weighted by Gasteiger charge is 2.15. The number of hydrogen-bond donors (Lipinski definition) is 1. The lowest BCUT2D eigenvalue weighted by molar-refractivity contribution is 0.0952. The SMILES string of the molecule is CN(Cc1ccccc1)c1cc(Cl)nc(SCc2cccc(C(=O)NCCC(c3ccccc3)c3ccccc3)c2)n1. The van der Waals surface area contributed by atoms with Gasteiger partial charge in [0.15, 0.2) is 5.16 Å². The fraction of sp³-hybridized carbons (Fsp3) is 0.171. The number of hydrogen-bond acceptors (Lipinski definition) is 5. The third-order valence-corrected chi connectivity index (χ3v) is 8.11. The maximum atomic E-state index is 13.1. The Morgan fingerprint density at radius 1 is 0.810 bits per heavy atom. The lowest BCUT2D eigenvalue weighted by Gasteiger charge is -2.19. The maximum absolute atomic E-state index is 13.1. The van der Waals surface area contributed by atoms with E-state index >= 15 is 0 Å². The molecule has 1 heterocycles. The van der Waals surface area contributed by atoms with E-state index < -0.39 is 0 Å². The molecule has 5 aromatic rings. The normalized spacial score (nSPS) is 10.9. The monoisotopic (exact) mass is 592 g/mol. The van der Waals surface area contributed by atoms with Gasteiger partial charge in [-0.25, -0.2) is 9.97 Å². The molecule has 1 aromatic heterocycles. The molecule has 0 saturated heterocycles. The van der Waals surface area contributed by atoms with Gasteiger partial charge >= 0.3 is 0 Å². The van der Waals surface area contributed by atoms with E-state index in [1.807, 2.05) is 61.6 Å². The molecule has 4 aromatic carbocycles. The third-order valence-electron chi connectivity index (χ3n) is 6.99. The summed E-state index contributed by atoms with van der Waals surface area (Å²) in [6.07, 6.45) is 0.808. The zero-order chi connectivity index (χ0) is 29.1. The second-order valence-electron chi connectivity index (χ2n) is 10.1. The van der Waals surface area contributed by atoms with Crippen molar-refractivity contribution in [1.82, 2.24) is 15.3 Å². The first kappa shape index (κ1) is 29.4. The summed E-state index contributed by atoms with van der Waals surface area (Å²) in [5.41, 5.74) is 5.33. The average Bonchev–Trinajstić information content (AvgIpc) is 3.03. The van der Waals surface area contributed by atoms with Crippen LogP contribution < -0.4 is 10.2 Å². The lowest BCUT2D eigenvalue weighted by atomic mass is 9.88. The quantitative estimate of drug-likeness (QED) is 0.0903. The minimum atomic E-state index is -0.0782. The first-order valence-corrected chi connectivity index (χ1v) is 15.3. The van der Waals surface area contributed by atoms with Crippen LogP contribution in [0.1, 0.15) is 45.0 Å². The fourth-order valence-corrected chi connectivity index (χ4v) is 5.89. The van der Waals surface area contributed by atoms with Gasteiger partial charge in [-0.15, -0.1) is 0 Å². The zero-order valence-corrected chi connectivity index (χ0v) is 25.1.